The van der Waals surface area contributed by atoms with Gasteiger partial charge in [0.15, 0.2) is 5.79 Å². The molecule has 4 aliphatic carbocycles. The second kappa shape index (κ2) is 8.46. The normalized spacial score (nSPS) is 49.2. The minimum Gasteiger partial charge on any atom is -0.469 e. The minimum absolute atomic E-state index is 0.112. The van der Waals surface area contributed by atoms with Crippen molar-refractivity contribution in [3.8, 4) is 0 Å². The van der Waals surface area contributed by atoms with Gasteiger partial charge in [0.25, 0.3) is 0 Å². The van der Waals surface area contributed by atoms with E-state index in [4.69, 9.17) is 14.2 Å². The van der Waals surface area contributed by atoms with E-state index in [1.807, 2.05) is 0 Å². The second-order valence-electron chi connectivity index (χ2n) is 12.5. The van der Waals surface area contributed by atoms with Gasteiger partial charge in [0.2, 0.25) is 0 Å². The van der Waals surface area contributed by atoms with Gasteiger partial charge in [-0.15, -0.1) is 0 Å². The van der Waals surface area contributed by atoms with Crippen molar-refractivity contribution in [1.82, 2.24) is 0 Å². The van der Waals surface area contributed by atoms with Crippen molar-refractivity contribution in [1.29, 1.82) is 0 Å². The van der Waals surface area contributed by atoms with Crippen molar-refractivity contribution in [2.24, 2.45) is 46.3 Å². The average molecular weight is 465 g/mol. The van der Waals surface area contributed by atoms with Crippen LogP contribution in [0.4, 0.5) is 0 Å². The molecule has 0 radical (unpaired) electrons. The molecule has 0 aromatic carbocycles. The Morgan fingerprint density at radius 2 is 1.82 bits per heavy atom. The van der Waals surface area contributed by atoms with Gasteiger partial charge in [-0.1, -0.05) is 20.8 Å². The number of fused-ring (bicyclic) bond motifs is 5. The van der Waals surface area contributed by atoms with Crippen molar-refractivity contribution in [2.75, 3.05) is 20.3 Å². The van der Waals surface area contributed by atoms with Gasteiger partial charge in [0, 0.05) is 19.3 Å². The number of aliphatic hydroxyl groups excluding tert-OH is 2. The molecule has 1 heterocycles. The highest BCUT2D eigenvalue weighted by Gasteiger charge is 2.66. The smallest absolute Gasteiger partial charge is 0.305 e. The Kier molecular flexibility index (Phi) is 6.16. The van der Waals surface area contributed by atoms with E-state index in [2.05, 4.69) is 20.8 Å². The van der Waals surface area contributed by atoms with Crippen LogP contribution >= 0.6 is 0 Å². The molecule has 10 atom stereocenters. The standard InChI is InChI=1S/C27H44O6/c1-16(5-8-23(30)31-4)18-6-7-19-24-20(14-22(29)26(18,19)3)25(2)9-10-27(32-11-12-33-27)15-17(25)13-21(24)28/h16-22,24,28-29H,5-15H2,1-4H3/t16-,17+,18-,19+,20+,21-,22+,24+,25+,26-/m1/s1. The Balaban J connectivity index is 1.37. The van der Waals surface area contributed by atoms with E-state index in [-0.39, 0.29) is 34.9 Å². The molecule has 0 aromatic rings. The molecule has 33 heavy (non-hydrogen) atoms. The fraction of sp³-hybridized carbons (Fsp3) is 0.963. The summed E-state index contributed by atoms with van der Waals surface area (Å²) in [5.41, 5.74) is -0.0875. The molecular formula is C27H44O6. The van der Waals surface area contributed by atoms with Gasteiger partial charge in [-0.05, 0) is 84.9 Å². The first-order valence-electron chi connectivity index (χ1n) is 13.4. The third kappa shape index (κ3) is 3.61. The first-order chi connectivity index (χ1) is 15.6. The van der Waals surface area contributed by atoms with Crippen LogP contribution in [0.3, 0.4) is 0 Å². The lowest BCUT2D eigenvalue weighted by Crippen LogP contribution is -2.63. The second-order valence-corrected chi connectivity index (χ2v) is 12.5. The van der Waals surface area contributed by atoms with Gasteiger partial charge in [0.05, 0.1) is 32.5 Å². The topological polar surface area (TPSA) is 85.2 Å². The number of esters is 1. The van der Waals surface area contributed by atoms with Crippen LogP contribution in [0.25, 0.3) is 0 Å². The van der Waals surface area contributed by atoms with Crippen LogP contribution in [-0.2, 0) is 19.0 Å². The Morgan fingerprint density at radius 3 is 2.52 bits per heavy atom. The number of hydrogen-bond acceptors (Lipinski definition) is 6. The lowest BCUT2D eigenvalue weighted by atomic mass is 9.43. The number of aliphatic hydroxyl groups is 2. The van der Waals surface area contributed by atoms with E-state index < -0.39 is 5.79 Å². The van der Waals surface area contributed by atoms with Gasteiger partial charge in [0.1, 0.15) is 0 Å². The summed E-state index contributed by atoms with van der Waals surface area (Å²) in [6.07, 6.45) is 7.10. The van der Waals surface area contributed by atoms with E-state index >= 15 is 0 Å². The predicted octanol–water partition coefficient (Wildman–Crippen LogP) is 3.92. The van der Waals surface area contributed by atoms with Crippen molar-refractivity contribution in [3.05, 3.63) is 0 Å². The molecule has 1 spiro atoms. The molecule has 0 unspecified atom stereocenters. The molecule has 5 rings (SSSR count). The number of carbonyl (C=O) groups is 1. The third-order valence-electron chi connectivity index (χ3n) is 11.4. The lowest BCUT2D eigenvalue weighted by Gasteiger charge is -2.64. The van der Waals surface area contributed by atoms with Crippen molar-refractivity contribution >= 4 is 5.97 Å². The van der Waals surface area contributed by atoms with Gasteiger partial charge in [-0.2, -0.15) is 0 Å². The SMILES string of the molecule is COC(=O)CC[C@@H](C)[C@H]1CC[C@H]2[C@@H]3[C@H](O)C[C@H]4CC5(CC[C@]4(C)[C@H]3C[C@H](O)[C@]12C)OCCO5. The largest absolute Gasteiger partial charge is 0.469 e. The summed E-state index contributed by atoms with van der Waals surface area (Å²) in [6, 6.07) is 0. The zero-order chi connectivity index (χ0) is 23.6. The average Bonchev–Trinajstić information content (AvgIpc) is 3.39. The fourth-order valence-corrected chi connectivity index (χ4v) is 9.50. The van der Waals surface area contributed by atoms with Gasteiger partial charge >= 0.3 is 5.97 Å². The fourth-order valence-electron chi connectivity index (χ4n) is 9.50. The van der Waals surface area contributed by atoms with E-state index in [1.165, 1.54) is 7.11 Å². The molecule has 1 aliphatic heterocycles. The maximum absolute atomic E-state index is 11.7. The van der Waals surface area contributed by atoms with Gasteiger partial charge in [-0.25, -0.2) is 0 Å². The van der Waals surface area contributed by atoms with Crippen LogP contribution in [0.1, 0.15) is 78.6 Å². The first-order valence-corrected chi connectivity index (χ1v) is 13.4. The van der Waals surface area contributed by atoms with Crippen LogP contribution in [0.15, 0.2) is 0 Å². The van der Waals surface area contributed by atoms with E-state index in [0.29, 0.717) is 49.2 Å². The van der Waals surface area contributed by atoms with E-state index in [0.717, 1.165) is 51.4 Å². The zero-order valence-corrected chi connectivity index (χ0v) is 20.9. The molecular weight excluding hydrogens is 420 g/mol. The molecule has 1 saturated heterocycles. The van der Waals surface area contributed by atoms with Crippen molar-refractivity contribution in [2.45, 2.75) is 96.6 Å². The Bertz CT molecular complexity index is 749. The molecule has 5 fully saturated rings. The number of ether oxygens (including phenoxy) is 3. The highest BCUT2D eigenvalue weighted by molar-refractivity contribution is 5.69. The van der Waals surface area contributed by atoms with Crippen molar-refractivity contribution < 1.29 is 29.2 Å². The Labute approximate surface area is 198 Å². The summed E-state index contributed by atoms with van der Waals surface area (Å²) in [6.45, 7) is 8.28. The molecule has 5 aliphatic rings. The minimum atomic E-state index is -0.438. The summed E-state index contributed by atoms with van der Waals surface area (Å²) in [5, 5.41) is 23.2. The molecule has 6 heteroatoms. The third-order valence-corrected chi connectivity index (χ3v) is 11.4. The molecule has 6 nitrogen and oxygen atoms in total. The number of carbonyl (C=O) groups excluding carboxylic acids is 1. The zero-order valence-electron chi connectivity index (χ0n) is 20.9. The molecule has 188 valence electrons. The quantitative estimate of drug-likeness (QED) is 0.614. The molecule has 0 bridgehead atoms. The maximum Gasteiger partial charge on any atom is 0.305 e. The Morgan fingerprint density at radius 1 is 1.09 bits per heavy atom. The summed E-state index contributed by atoms with van der Waals surface area (Å²) < 4.78 is 17.0. The molecule has 4 saturated carbocycles. The number of hydrogen-bond donors (Lipinski definition) is 2. The highest BCUT2D eigenvalue weighted by atomic mass is 16.7. The number of methoxy groups -OCH3 is 1. The van der Waals surface area contributed by atoms with Crippen LogP contribution in [0.5, 0.6) is 0 Å². The lowest BCUT2D eigenvalue weighted by molar-refractivity contribution is -0.252. The van der Waals surface area contributed by atoms with Gasteiger partial charge in [-0.3, -0.25) is 4.79 Å². The summed E-state index contributed by atoms with van der Waals surface area (Å²) >= 11 is 0. The van der Waals surface area contributed by atoms with Crippen molar-refractivity contribution in [3.63, 3.8) is 0 Å². The van der Waals surface area contributed by atoms with Crippen LogP contribution < -0.4 is 0 Å². The van der Waals surface area contributed by atoms with E-state index in [1.54, 1.807) is 0 Å². The summed E-state index contributed by atoms with van der Waals surface area (Å²) in [5.74, 6) is 1.41. The molecule has 2 N–H and O–H groups in total. The Hall–Kier alpha value is -0.690. The first kappa shape index (κ1) is 24.0. The molecule has 0 amide bonds. The predicted molar refractivity (Wildman–Crippen MR) is 123 cm³/mol. The van der Waals surface area contributed by atoms with Crippen LogP contribution in [0, 0.1) is 46.3 Å². The monoisotopic (exact) mass is 464 g/mol. The maximum atomic E-state index is 11.7. The van der Waals surface area contributed by atoms with Crippen LogP contribution in [0.2, 0.25) is 0 Å². The summed E-state index contributed by atoms with van der Waals surface area (Å²) in [7, 11) is 1.45. The van der Waals surface area contributed by atoms with E-state index in [9.17, 15) is 15.0 Å². The number of rotatable bonds is 4. The van der Waals surface area contributed by atoms with Crippen LogP contribution in [-0.4, -0.2) is 54.5 Å². The summed E-state index contributed by atoms with van der Waals surface area (Å²) in [4.78, 5) is 11.7. The molecule has 0 aromatic heterocycles. The van der Waals surface area contributed by atoms with Gasteiger partial charge < -0.3 is 24.4 Å². The highest BCUT2D eigenvalue weighted by Crippen LogP contribution is 2.69.